The number of carbonyl (C=O) groups excluding carboxylic acids is 1. The molecule has 1 aromatic carbocycles. The summed E-state index contributed by atoms with van der Waals surface area (Å²) in [6.07, 6.45) is 15.8. The van der Waals surface area contributed by atoms with Gasteiger partial charge in [-0.05, 0) is 88.2 Å². The maximum atomic E-state index is 12.3. The van der Waals surface area contributed by atoms with Gasteiger partial charge in [-0.3, -0.25) is 14.7 Å². The van der Waals surface area contributed by atoms with Gasteiger partial charge < -0.3 is 0 Å². The fraction of sp³-hybridized carbons (Fsp3) is 0.676. The maximum absolute atomic E-state index is 12.3. The van der Waals surface area contributed by atoms with Crippen molar-refractivity contribution in [2.24, 2.45) is 16.8 Å². The first-order valence-electron chi connectivity index (χ1n) is 16.4. The van der Waals surface area contributed by atoms with Gasteiger partial charge in [-0.15, -0.1) is 0 Å². The summed E-state index contributed by atoms with van der Waals surface area (Å²) in [6, 6.07) is 6.29. The minimum atomic E-state index is 0.0941. The van der Waals surface area contributed by atoms with E-state index in [0.29, 0.717) is 0 Å². The Bertz CT molecular complexity index is 891. The van der Waals surface area contributed by atoms with Crippen molar-refractivity contribution >= 4 is 17.6 Å². The first-order chi connectivity index (χ1) is 19.1. The van der Waals surface area contributed by atoms with E-state index in [9.17, 15) is 4.79 Å². The molecule has 0 spiro atoms. The molecular weight excluding hydrogens is 488 g/mol. The molecule has 228 valence electrons. The highest BCUT2D eigenvalue weighted by molar-refractivity contribution is 6.15. The number of unbranched alkanes of at least 4 members (excludes halogenated alkanes) is 4. The van der Waals surface area contributed by atoms with Crippen LogP contribution in [0.3, 0.4) is 0 Å². The fourth-order valence-corrected chi connectivity index (χ4v) is 4.54. The van der Waals surface area contributed by atoms with Gasteiger partial charge in [0.15, 0.2) is 5.78 Å². The normalized spacial score (nSPS) is 15.2. The number of ketones is 1. The molecule has 1 aliphatic carbocycles. The highest BCUT2D eigenvalue weighted by Crippen LogP contribution is 2.31. The molecule has 1 saturated heterocycles. The van der Waals surface area contributed by atoms with Crippen LogP contribution in [-0.2, 0) is 6.54 Å². The van der Waals surface area contributed by atoms with Gasteiger partial charge in [-0.2, -0.15) is 0 Å². The SMILES string of the molecule is C=C(C)N=CC(=C(C)C)c1ccc(CN2CCC(C)CC2)cc1C(C)=O.CC.CCC1CC1.CCCCCCC. The second-order valence-electron chi connectivity index (χ2n) is 11.7. The van der Waals surface area contributed by atoms with Gasteiger partial charge in [0, 0.05) is 24.0 Å². The molecule has 1 heterocycles. The molecule has 3 nitrogen and oxygen atoms in total. The Hall–Kier alpha value is -2.00. The minimum absolute atomic E-state index is 0.0941. The Balaban J connectivity index is 0.000000889. The summed E-state index contributed by atoms with van der Waals surface area (Å²) < 4.78 is 0. The van der Waals surface area contributed by atoms with E-state index in [-0.39, 0.29) is 5.78 Å². The van der Waals surface area contributed by atoms with E-state index < -0.39 is 0 Å². The molecule has 0 amide bonds. The molecular formula is C37H64N2O. The number of likely N-dealkylation sites (tertiary alicyclic amines) is 1. The number of nitrogens with zero attached hydrogens (tertiary/aromatic N) is 2. The van der Waals surface area contributed by atoms with Crippen LogP contribution in [0, 0.1) is 11.8 Å². The van der Waals surface area contributed by atoms with Crippen molar-refractivity contribution in [3.63, 3.8) is 0 Å². The van der Waals surface area contributed by atoms with E-state index in [1.807, 2.05) is 40.8 Å². The molecule has 0 unspecified atom stereocenters. The lowest BCUT2D eigenvalue weighted by Crippen LogP contribution is -2.32. The molecule has 0 radical (unpaired) electrons. The number of allylic oxidation sites excluding steroid dienone is 3. The zero-order valence-electron chi connectivity index (χ0n) is 28.2. The van der Waals surface area contributed by atoms with Crippen molar-refractivity contribution < 1.29 is 4.79 Å². The van der Waals surface area contributed by atoms with Crippen LogP contribution in [0.15, 0.2) is 41.0 Å². The molecule has 0 bridgehead atoms. The fourth-order valence-electron chi connectivity index (χ4n) is 4.54. The van der Waals surface area contributed by atoms with Gasteiger partial charge in [0.05, 0.1) is 0 Å². The van der Waals surface area contributed by atoms with Crippen molar-refractivity contribution in [3.8, 4) is 0 Å². The van der Waals surface area contributed by atoms with Gasteiger partial charge in [0.1, 0.15) is 0 Å². The summed E-state index contributed by atoms with van der Waals surface area (Å²) in [5, 5.41) is 0. The number of benzene rings is 1. The van der Waals surface area contributed by atoms with Gasteiger partial charge >= 0.3 is 0 Å². The topological polar surface area (TPSA) is 32.7 Å². The number of hydrogen-bond donors (Lipinski definition) is 0. The van der Waals surface area contributed by atoms with E-state index in [1.165, 1.54) is 69.8 Å². The summed E-state index contributed by atoms with van der Waals surface area (Å²) in [6.45, 7) is 27.7. The third-order valence-electron chi connectivity index (χ3n) is 7.47. The number of Topliss-reactive ketones (excluding diaryl/α,β-unsaturated/α-hetero) is 1. The molecule has 40 heavy (non-hydrogen) atoms. The number of rotatable bonds is 11. The zero-order chi connectivity index (χ0) is 30.5. The number of carbonyl (C=O) groups is 1. The van der Waals surface area contributed by atoms with Crippen LogP contribution in [0.25, 0.3) is 5.57 Å². The molecule has 1 aromatic rings. The van der Waals surface area contributed by atoms with Crippen LogP contribution in [0.4, 0.5) is 0 Å². The zero-order valence-corrected chi connectivity index (χ0v) is 28.2. The Kier molecular flexibility index (Phi) is 21.5. The Morgan fingerprint density at radius 1 is 0.925 bits per heavy atom. The average Bonchev–Trinajstić information content (AvgIpc) is 3.77. The second-order valence-corrected chi connectivity index (χ2v) is 11.7. The third kappa shape index (κ3) is 17.0. The molecule has 1 aliphatic heterocycles. The average molecular weight is 553 g/mol. The van der Waals surface area contributed by atoms with Crippen molar-refractivity contribution in [2.45, 2.75) is 140 Å². The summed E-state index contributed by atoms with van der Waals surface area (Å²) in [5.74, 6) is 2.06. The van der Waals surface area contributed by atoms with E-state index in [0.717, 1.165) is 59.4 Å². The third-order valence-corrected chi connectivity index (χ3v) is 7.47. The molecule has 3 heteroatoms. The smallest absolute Gasteiger partial charge is 0.160 e. The van der Waals surface area contributed by atoms with E-state index in [2.05, 4.69) is 62.4 Å². The van der Waals surface area contributed by atoms with Crippen molar-refractivity contribution in [2.75, 3.05) is 13.1 Å². The largest absolute Gasteiger partial charge is 0.299 e. The maximum Gasteiger partial charge on any atom is 0.160 e. The number of aliphatic imine (C=N–C) groups is 1. The van der Waals surface area contributed by atoms with Crippen LogP contribution < -0.4 is 0 Å². The Morgan fingerprint density at radius 2 is 1.50 bits per heavy atom. The highest BCUT2D eigenvalue weighted by atomic mass is 16.1. The van der Waals surface area contributed by atoms with E-state index >= 15 is 0 Å². The first-order valence-corrected chi connectivity index (χ1v) is 16.4. The Labute approximate surface area is 249 Å². The quantitative estimate of drug-likeness (QED) is 0.155. The van der Waals surface area contributed by atoms with Crippen LogP contribution in [-0.4, -0.2) is 30.0 Å². The summed E-state index contributed by atoms with van der Waals surface area (Å²) >= 11 is 0. The van der Waals surface area contributed by atoms with Crippen molar-refractivity contribution in [1.29, 1.82) is 0 Å². The Morgan fingerprint density at radius 3 is 1.90 bits per heavy atom. The molecule has 0 N–H and O–H groups in total. The van der Waals surface area contributed by atoms with Gasteiger partial charge in [0.2, 0.25) is 0 Å². The van der Waals surface area contributed by atoms with Crippen molar-refractivity contribution in [1.82, 2.24) is 4.90 Å². The molecule has 0 aromatic heterocycles. The highest BCUT2D eigenvalue weighted by Gasteiger charge is 2.18. The summed E-state index contributed by atoms with van der Waals surface area (Å²) in [5.41, 5.74) is 5.82. The van der Waals surface area contributed by atoms with Crippen molar-refractivity contribution in [3.05, 3.63) is 52.7 Å². The number of piperidine rings is 1. The van der Waals surface area contributed by atoms with Crippen LogP contribution in [0.2, 0.25) is 0 Å². The molecule has 2 fully saturated rings. The summed E-state index contributed by atoms with van der Waals surface area (Å²) in [7, 11) is 0. The molecule has 3 rings (SSSR count). The van der Waals surface area contributed by atoms with Gasteiger partial charge in [-0.25, -0.2) is 0 Å². The van der Waals surface area contributed by atoms with E-state index in [1.54, 1.807) is 6.92 Å². The van der Waals surface area contributed by atoms with E-state index in [4.69, 9.17) is 0 Å². The summed E-state index contributed by atoms with van der Waals surface area (Å²) in [4.78, 5) is 19.2. The standard InChI is InChI=1S/C23H32N2O.C7H16.C5H10.C2H6/c1-16(2)23(14-24-17(3)4)21-8-7-20(13-22(21)19(6)26)15-25-11-9-18(5)10-12-25;1-3-5-7-6-4-2;1-2-5-3-4-5;1-2/h7-8,13-14,18H,3,9-12,15H2,1-2,4-6H3;3-7H2,1-2H3;5H,2-4H2,1H3;1-2H3. The lowest BCUT2D eigenvalue weighted by molar-refractivity contribution is 0.101. The van der Waals surface area contributed by atoms with Gasteiger partial charge in [-0.1, -0.05) is 117 Å². The molecule has 0 atom stereocenters. The molecule has 2 aliphatic rings. The molecule has 1 saturated carbocycles. The van der Waals surface area contributed by atoms with Crippen LogP contribution in [0.1, 0.15) is 155 Å². The lowest BCUT2D eigenvalue weighted by Gasteiger charge is -2.30. The monoisotopic (exact) mass is 553 g/mol. The van der Waals surface area contributed by atoms with Crippen LogP contribution >= 0.6 is 0 Å². The van der Waals surface area contributed by atoms with Crippen LogP contribution in [0.5, 0.6) is 0 Å². The predicted octanol–water partition coefficient (Wildman–Crippen LogP) is 11.3. The predicted molar refractivity (Wildman–Crippen MR) is 180 cm³/mol. The lowest BCUT2D eigenvalue weighted by atomic mass is 9.93. The van der Waals surface area contributed by atoms with Gasteiger partial charge in [0.25, 0.3) is 0 Å². The number of hydrogen-bond acceptors (Lipinski definition) is 3. The first kappa shape index (κ1) is 38.0. The second kappa shape index (κ2) is 22.7. The minimum Gasteiger partial charge on any atom is -0.299 e.